The Bertz CT molecular complexity index is 1160. The standard InChI is InChI=1S/C23H20ClN3O3/c24-19-8-6-15(28)10-18(19)13-5-7-17-20(9-13)26-23(30)27(22(17)29)21-12-25-11-14-3-1-2-4-16(14)21/h1-4,6,8,10-13,17,20,28H,5,7,9H2,(H,26,30). The number of phenols is 1. The van der Waals surface area contributed by atoms with Crippen LogP contribution in [0.3, 0.4) is 0 Å². The van der Waals surface area contributed by atoms with E-state index in [0.29, 0.717) is 23.6 Å². The number of anilines is 1. The Hall–Kier alpha value is -3.12. The van der Waals surface area contributed by atoms with Crippen LogP contribution in [-0.2, 0) is 4.79 Å². The van der Waals surface area contributed by atoms with E-state index in [-0.39, 0.29) is 29.5 Å². The monoisotopic (exact) mass is 421 g/mol. The Morgan fingerprint density at radius 1 is 1.10 bits per heavy atom. The molecule has 0 radical (unpaired) electrons. The van der Waals surface area contributed by atoms with Crippen molar-refractivity contribution in [2.24, 2.45) is 5.92 Å². The second kappa shape index (κ2) is 7.29. The topological polar surface area (TPSA) is 82.5 Å². The first kappa shape index (κ1) is 18.9. The summed E-state index contributed by atoms with van der Waals surface area (Å²) >= 11 is 6.34. The van der Waals surface area contributed by atoms with Gasteiger partial charge in [0.2, 0.25) is 5.91 Å². The zero-order valence-corrected chi connectivity index (χ0v) is 16.8. The number of benzene rings is 2. The number of aromatic nitrogens is 1. The molecular formula is C23H20ClN3O3. The lowest BCUT2D eigenvalue weighted by atomic mass is 9.74. The summed E-state index contributed by atoms with van der Waals surface area (Å²) in [5.41, 5.74) is 1.37. The molecule has 2 aromatic carbocycles. The zero-order chi connectivity index (χ0) is 20.8. The molecule has 3 atom stereocenters. The SMILES string of the molecule is O=C1NC2CC(c3cc(O)ccc3Cl)CCC2C(=O)N1c1cncc2ccccc12. The van der Waals surface area contributed by atoms with E-state index < -0.39 is 6.03 Å². The van der Waals surface area contributed by atoms with Crippen molar-refractivity contribution in [2.75, 3.05) is 4.90 Å². The van der Waals surface area contributed by atoms with Gasteiger partial charge in [-0.1, -0.05) is 35.9 Å². The molecular weight excluding hydrogens is 402 g/mol. The molecule has 152 valence electrons. The third-order valence-corrected chi connectivity index (χ3v) is 6.55. The third-order valence-electron chi connectivity index (χ3n) is 6.21. The molecule has 0 spiro atoms. The second-order valence-electron chi connectivity index (χ2n) is 7.93. The largest absolute Gasteiger partial charge is 0.508 e. The van der Waals surface area contributed by atoms with Gasteiger partial charge in [0.15, 0.2) is 0 Å². The summed E-state index contributed by atoms with van der Waals surface area (Å²) in [4.78, 5) is 31.8. The normalized spacial score (nSPS) is 23.9. The molecule has 1 saturated carbocycles. The number of aromatic hydroxyl groups is 1. The number of fused-ring (bicyclic) bond motifs is 2. The molecule has 2 heterocycles. The van der Waals surface area contributed by atoms with Gasteiger partial charge in [0.1, 0.15) is 5.75 Å². The van der Waals surface area contributed by atoms with Gasteiger partial charge in [-0.15, -0.1) is 0 Å². The first-order chi connectivity index (χ1) is 14.5. The van der Waals surface area contributed by atoms with E-state index in [0.717, 1.165) is 22.8 Å². The maximum absolute atomic E-state index is 13.3. The van der Waals surface area contributed by atoms with Crippen LogP contribution in [0.2, 0.25) is 5.02 Å². The molecule has 3 unspecified atom stereocenters. The number of phenolic OH excluding ortho intramolecular Hbond substituents is 1. The quantitative estimate of drug-likeness (QED) is 0.633. The van der Waals surface area contributed by atoms with E-state index in [1.165, 1.54) is 4.90 Å². The number of amides is 3. The number of pyridine rings is 1. The molecule has 0 bridgehead atoms. The number of halogens is 1. The predicted molar refractivity (Wildman–Crippen MR) is 115 cm³/mol. The lowest BCUT2D eigenvalue weighted by Gasteiger charge is -2.42. The zero-order valence-electron chi connectivity index (χ0n) is 16.1. The number of carbonyl (C=O) groups excluding carboxylic acids is 2. The van der Waals surface area contributed by atoms with E-state index in [9.17, 15) is 14.7 Å². The van der Waals surface area contributed by atoms with Crippen LogP contribution in [0.4, 0.5) is 10.5 Å². The summed E-state index contributed by atoms with van der Waals surface area (Å²) < 4.78 is 0. The fraction of sp³-hybridized carbons (Fsp3) is 0.261. The minimum Gasteiger partial charge on any atom is -0.508 e. The Balaban J connectivity index is 1.44. The van der Waals surface area contributed by atoms with Gasteiger partial charge >= 0.3 is 6.03 Å². The van der Waals surface area contributed by atoms with E-state index in [1.807, 2.05) is 24.3 Å². The van der Waals surface area contributed by atoms with Crippen LogP contribution in [0.5, 0.6) is 5.75 Å². The minimum atomic E-state index is -0.429. The molecule has 1 aromatic heterocycles. The number of rotatable bonds is 2. The van der Waals surface area contributed by atoms with Crippen LogP contribution in [0.25, 0.3) is 10.8 Å². The van der Waals surface area contributed by atoms with E-state index >= 15 is 0 Å². The summed E-state index contributed by atoms with van der Waals surface area (Å²) in [6.07, 6.45) is 5.28. The van der Waals surface area contributed by atoms with Crippen molar-refractivity contribution in [3.05, 3.63) is 65.4 Å². The van der Waals surface area contributed by atoms with Gasteiger partial charge in [-0.25, -0.2) is 9.69 Å². The first-order valence-corrected chi connectivity index (χ1v) is 10.4. The molecule has 2 fully saturated rings. The maximum atomic E-state index is 13.3. The van der Waals surface area contributed by atoms with E-state index in [4.69, 9.17) is 11.6 Å². The van der Waals surface area contributed by atoms with Gasteiger partial charge in [0, 0.05) is 28.0 Å². The first-order valence-electron chi connectivity index (χ1n) is 9.98. The van der Waals surface area contributed by atoms with Crippen molar-refractivity contribution in [1.29, 1.82) is 0 Å². The molecule has 3 aromatic rings. The number of hydrogen-bond donors (Lipinski definition) is 2. The molecule has 1 aliphatic carbocycles. The Morgan fingerprint density at radius 2 is 1.93 bits per heavy atom. The van der Waals surface area contributed by atoms with Gasteiger partial charge in [0.25, 0.3) is 0 Å². The molecule has 2 aliphatic rings. The van der Waals surface area contributed by atoms with Crippen LogP contribution in [0.1, 0.15) is 30.7 Å². The van der Waals surface area contributed by atoms with Crippen molar-refractivity contribution >= 4 is 40.0 Å². The van der Waals surface area contributed by atoms with Gasteiger partial charge < -0.3 is 10.4 Å². The van der Waals surface area contributed by atoms with Crippen LogP contribution in [0.15, 0.2) is 54.9 Å². The highest BCUT2D eigenvalue weighted by molar-refractivity contribution is 6.31. The smallest absolute Gasteiger partial charge is 0.329 e. The summed E-state index contributed by atoms with van der Waals surface area (Å²) in [6, 6.07) is 11.8. The molecule has 2 N–H and O–H groups in total. The second-order valence-corrected chi connectivity index (χ2v) is 8.34. The van der Waals surface area contributed by atoms with Crippen LogP contribution < -0.4 is 10.2 Å². The number of urea groups is 1. The van der Waals surface area contributed by atoms with Crippen molar-refractivity contribution < 1.29 is 14.7 Å². The number of imide groups is 1. The molecule has 7 heteroatoms. The van der Waals surface area contributed by atoms with E-state index in [2.05, 4.69) is 10.3 Å². The summed E-state index contributed by atoms with van der Waals surface area (Å²) in [7, 11) is 0. The Labute approximate surface area is 178 Å². The van der Waals surface area contributed by atoms with Crippen molar-refractivity contribution in [1.82, 2.24) is 10.3 Å². The summed E-state index contributed by atoms with van der Waals surface area (Å²) in [6.45, 7) is 0. The van der Waals surface area contributed by atoms with Gasteiger partial charge in [-0.3, -0.25) is 9.78 Å². The van der Waals surface area contributed by atoms with Crippen molar-refractivity contribution in [3.8, 4) is 5.75 Å². The number of nitrogens with zero attached hydrogens (tertiary/aromatic N) is 2. The van der Waals surface area contributed by atoms with Crippen LogP contribution in [0, 0.1) is 5.92 Å². The molecule has 1 aliphatic heterocycles. The lowest BCUT2D eigenvalue weighted by molar-refractivity contribution is -0.124. The number of nitrogens with one attached hydrogen (secondary N) is 1. The Morgan fingerprint density at radius 3 is 2.80 bits per heavy atom. The number of hydrogen-bond acceptors (Lipinski definition) is 4. The number of carbonyl (C=O) groups is 2. The predicted octanol–water partition coefficient (Wildman–Crippen LogP) is 4.60. The molecule has 3 amide bonds. The molecule has 30 heavy (non-hydrogen) atoms. The van der Waals surface area contributed by atoms with Crippen LogP contribution in [-0.4, -0.2) is 28.1 Å². The highest BCUT2D eigenvalue weighted by Crippen LogP contribution is 2.42. The Kier molecular flexibility index (Phi) is 4.59. The van der Waals surface area contributed by atoms with E-state index in [1.54, 1.807) is 30.6 Å². The fourth-order valence-corrected chi connectivity index (χ4v) is 5.02. The highest BCUT2D eigenvalue weighted by Gasteiger charge is 2.45. The highest BCUT2D eigenvalue weighted by atomic mass is 35.5. The van der Waals surface area contributed by atoms with Gasteiger partial charge in [-0.2, -0.15) is 0 Å². The molecule has 6 nitrogen and oxygen atoms in total. The lowest BCUT2D eigenvalue weighted by Crippen LogP contribution is -2.61. The van der Waals surface area contributed by atoms with Crippen LogP contribution >= 0.6 is 11.6 Å². The van der Waals surface area contributed by atoms with Crippen molar-refractivity contribution in [2.45, 2.75) is 31.2 Å². The van der Waals surface area contributed by atoms with Gasteiger partial charge in [-0.05, 0) is 48.9 Å². The third kappa shape index (κ3) is 3.08. The van der Waals surface area contributed by atoms with Crippen molar-refractivity contribution in [3.63, 3.8) is 0 Å². The average Bonchev–Trinajstić information content (AvgIpc) is 2.75. The fourth-order valence-electron chi connectivity index (χ4n) is 4.75. The maximum Gasteiger partial charge on any atom is 0.329 e. The summed E-state index contributed by atoms with van der Waals surface area (Å²) in [5.74, 6) is -0.254. The van der Waals surface area contributed by atoms with Gasteiger partial charge in [0.05, 0.1) is 17.8 Å². The summed E-state index contributed by atoms with van der Waals surface area (Å²) in [5, 5.41) is 15.1. The minimum absolute atomic E-state index is 0.0738. The molecule has 5 rings (SSSR count). The molecule has 1 saturated heterocycles. The average molecular weight is 422 g/mol.